The number of carbonyl (C=O) groups excluding carboxylic acids is 2. The highest BCUT2D eigenvalue weighted by Gasteiger charge is 2.45. The summed E-state index contributed by atoms with van der Waals surface area (Å²) in [6, 6.07) is 12.1. The van der Waals surface area contributed by atoms with Crippen molar-refractivity contribution in [2.75, 3.05) is 58.4 Å². The molecule has 34 heavy (non-hydrogen) atoms. The second-order valence-electron chi connectivity index (χ2n) is 8.79. The third-order valence-electron chi connectivity index (χ3n) is 6.36. The van der Waals surface area contributed by atoms with Gasteiger partial charge in [-0.25, -0.2) is 4.39 Å². The molecule has 1 N–H and O–H groups in total. The molecule has 2 saturated heterocycles. The summed E-state index contributed by atoms with van der Waals surface area (Å²) < 4.78 is 18.8. The van der Waals surface area contributed by atoms with Gasteiger partial charge in [-0.15, -0.1) is 0 Å². The average molecular weight is 468 g/mol. The molecule has 2 heterocycles. The third kappa shape index (κ3) is 4.98. The molecule has 4 rings (SSSR count). The van der Waals surface area contributed by atoms with Crippen LogP contribution in [0.1, 0.15) is 23.6 Å². The van der Waals surface area contributed by atoms with E-state index in [0.717, 1.165) is 30.9 Å². The fraction of sp³-hybridized carbons (Fsp3) is 0.385. The topological polar surface area (TPSA) is 73.3 Å². The lowest BCUT2D eigenvalue weighted by molar-refractivity contribution is -0.140. The number of anilines is 1. The van der Waals surface area contributed by atoms with Crippen LogP contribution in [0.4, 0.5) is 10.1 Å². The second-order valence-corrected chi connectivity index (χ2v) is 8.79. The Labute approximate surface area is 199 Å². The summed E-state index contributed by atoms with van der Waals surface area (Å²) in [6.45, 7) is 4.25. The number of hydrogen-bond donors (Lipinski definition) is 1. The smallest absolute Gasteiger partial charge is 0.295 e. The van der Waals surface area contributed by atoms with Crippen molar-refractivity contribution in [3.05, 3.63) is 71.0 Å². The molecular weight excluding hydrogens is 437 g/mol. The van der Waals surface area contributed by atoms with E-state index in [2.05, 4.69) is 4.90 Å². The Hall–Kier alpha value is -3.23. The highest BCUT2D eigenvalue weighted by atomic mass is 19.1. The maximum Gasteiger partial charge on any atom is 0.295 e. The van der Waals surface area contributed by atoms with Crippen LogP contribution in [-0.4, -0.2) is 80.1 Å². The molecule has 2 aliphatic heterocycles. The Bertz CT molecular complexity index is 1060. The number of Topliss-reactive ketones (excluding diaryl/α,β-unsaturated/α-hetero) is 1. The van der Waals surface area contributed by atoms with Gasteiger partial charge in [0, 0.05) is 51.5 Å². The Morgan fingerprint density at radius 1 is 1.03 bits per heavy atom. The van der Waals surface area contributed by atoms with E-state index in [1.54, 1.807) is 4.90 Å². The summed E-state index contributed by atoms with van der Waals surface area (Å²) in [5.41, 5.74) is 2.04. The SMILES string of the molecule is CN(C)c1ccc(C2/C(=C(\O)c3ccc(F)cc3)C(=O)C(=O)N2CCCN2CCOCC2)cc1. The fourth-order valence-corrected chi connectivity index (χ4v) is 4.46. The van der Waals surface area contributed by atoms with Crippen LogP contribution in [0, 0.1) is 5.82 Å². The van der Waals surface area contributed by atoms with E-state index in [-0.39, 0.29) is 11.3 Å². The number of benzene rings is 2. The molecule has 0 spiro atoms. The summed E-state index contributed by atoms with van der Waals surface area (Å²) in [4.78, 5) is 32.0. The maximum atomic E-state index is 13.4. The standard InChI is InChI=1S/C26H30FN3O4/c1-28(2)21-10-6-18(7-11-21)23-22(24(31)19-4-8-20(27)9-5-19)25(32)26(33)30(23)13-3-12-29-14-16-34-17-15-29/h4-11,23,31H,3,12-17H2,1-2H3/b24-22+. The number of nitrogens with zero attached hydrogens (tertiary/aromatic N) is 3. The fourth-order valence-electron chi connectivity index (χ4n) is 4.46. The van der Waals surface area contributed by atoms with Gasteiger partial charge in [-0.1, -0.05) is 12.1 Å². The van der Waals surface area contributed by atoms with Crippen molar-refractivity contribution in [3.8, 4) is 0 Å². The van der Waals surface area contributed by atoms with Gasteiger partial charge in [-0.2, -0.15) is 0 Å². The molecule has 0 bridgehead atoms. The highest BCUT2D eigenvalue weighted by molar-refractivity contribution is 6.46. The minimum absolute atomic E-state index is 0.0283. The Morgan fingerprint density at radius 3 is 2.29 bits per heavy atom. The van der Waals surface area contributed by atoms with Crippen molar-refractivity contribution in [1.82, 2.24) is 9.80 Å². The number of carbonyl (C=O) groups is 2. The summed E-state index contributed by atoms with van der Waals surface area (Å²) in [5, 5.41) is 11.0. The molecule has 8 heteroatoms. The normalized spacial score (nSPS) is 20.7. The van der Waals surface area contributed by atoms with Crippen LogP contribution in [0.5, 0.6) is 0 Å². The van der Waals surface area contributed by atoms with Crippen LogP contribution in [0.2, 0.25) is 0 Å². The first-order valence-electron chi connectivity index (χ1n) is 11.5. The lowest BCUT2D eigenvalue weighted by Crippen LogP contribution is -2.38. The molecule has 2 fully saturated rings. The zero-order chi connectivity index (χ0) is 24.2. The number of aliphatic hydroxyl groups is 1. The third-order valence-corrected chi connectivity index (χ3v) is 6.36. The van der Waals surface area contributed by atoms with Gasteiger partial charge in [0.2, 0.25) is 0 Å². The zero-order valence-electron chi connectivity index (χ0n) is 19.5. The number of morpholine rings is 1. The predicted octanol–water partition coefficient (Wildman–Crippen LogP) is 3.04. The molecular formula is C26H30FN3O4. The van der Waals surface area contributed by atoms with Gasteiger partial charge in [0.15, 0.2) is 0 Å². The summed E-state index contributed by atoms with van der Waals surface area (Å²) in [6.07, 6.45) is 0.690. The van der Waals surface area contributed by atoms with E-state index in [1.807, 2.05) is 43.3 Å². The quantitative estimate of drug-likeness (QED) is 0.383. The summed E-state index contributed by atoms with van der Waals surface area (Å²) >= 11 is 0. The highest BCUT2D eigenvalue weighted by Crippen LogP contribution is 2.39. The van der Waals surface area contributed by atoms with Gasteiger partial charge in [-0.3, -0.25) is 14.5 Å². The van der Waals surface area contributed by atoms with E-state index in [0.29, 0.717) is 31.7 Å². The molecule has 0 radical (unpaired) electrons. The van der Waals surface area contributed by atoms with Crippen molar-refractivity contribution in [2.45, 2.75) is 12.5 Å². The van der Waals surface area contributed by atoms with Gasteiger partial charge in [0.25, 0.3) is 11.7 Å². The van der Waals surface area contributed by atoms with Crippen LogP contribution in [0.25, 0.3) is 5.76 Å². The van der Waals surface area contributed by atoms with Gasteiger partial charge in [-0.05, 0) is 48.4 Å². The van der Waals surface area contributed by atoms with E-state index in [4.69, 9.17) is 4.74 Å². The molecule has 7 nitrogen and oxygen atoms in total. The molecule has 1 atom stereocenters. The minimum atomic E-state index is -0.727. The first-order chi connectivity index (χ1) is 16.4. The van der Waals surface area contributed by atoms with Crippen LogP contribution >= 0.6 is 0 Å². The number of likely N-dealkylation sites (tertiary alicyclic amines) is 1. The Balaban J connectivity index is 1.67. The lowest BCUT2D eigenvalue weighted by Gasteiger charge is -2.29. The maximum absolute atomic E-state index is 13.4. The Morgan fingerprint density at radius 2 is 1.68 bits per heavy atom. The first kappa shape index (κ1) is 23.9. The van der Waals surface area contributed by atoms with Crippen LogP contribution in [0.3, 0.4) is 0 Å². The molecule has 0 aromatic heterocycles. The summed E-state index contributed by atoms with van der Waals surface area (Å²) in [7, 11) is 3.86. The number of ether oxygens (including phenoxy) is 1. The number of ketones is 1. The van der Waals surface area contributed by atoms with Gasteiger partial charge < -0.3 is 19.6 Å². The molecule has 2 aromatic rings. The average Bonchev–Trinajstić information content (AvgIpc) is 3.10. The number of amides is 1. The first-order valence-corrected chi connectivity index (χ1v) is 11.5. The van der Waals surface area contributed by atoms with Crippen LogP contribution in [-0.2, 0) is 14.3 Å². The van der Waals surface area contributed by atoms with E-state index in [9.17, 15) is 19.1 Å². The van der Waals surface area contributed by atoms with Crippen molar-refractivity contribution >= 4 is 23.1 Å². The van der Waals surface area contributed by atoms with E-state index in [1.165, 1.54) is 24.3 Å². The molecule has 1 unspecified atom stereocenters. The lowest BCUT2D eigenvalue weighted by atomic mass is 9.95. The van der Waals surface area contributed by atoms with E-state index < -0.39 is 23.5 Å². The van der Waals surface area contributed by atoms with E-state index >= 15 is 0 Å². The van der Waals surface area contributed by atoms with Gasteiger partial charge >= 0.3 is 0 Å². The Kier molecular flexibility index (Phi) is 7.29. The van der Waals surface area contributed by atoms with Crippen LogP contribution < -0.4 is 4.90 Å². The number of hydrogen-bond acceptors (Lipinski definition) is 6. The van der Waals surface area contributed by atoms with Crippen molar-refractivity contribution in [3.63, 3.8) is 0 Å². The van der Waals surface area contributed by atoms with Crippen molar-refractivity contribution < 1.29 is 23.8 Å². The van der Waals surface area contributed by atoms with Gasteiger partial charge in [0.1, 0.15) is 11.6 Å². The molecule has 0 saturated carbocycles. The number of halogens is 1. The van der Waals surface area contributed by atoms with Gasteiger partial charge in [0.05, 0.1) is 24.8 Å². The monoisotopic (exact) mass is 467 g/mol. The number of aliphatic hydroxyl groups excluding tert-OH is 1. The molecule has 2 aromatic carbocycles. The summed E-state index contributed by atoms with van der Waals surface area (Å²) in [5.74, 6) is -2.10. The molecule has 0 aliphatic carbocycles. The minimum Gasteiger partial charge on any atom is -0.507 e. The van der Waals surface area contributed by atoms with Crippen molar-refractivity contribution in [1.29, 1.82) is 0 Å². The number of rotatable bonds is 7. The zero-order valence-corrected chi connectivity index (χ0v) is 19.5. The van der Waals surface area contributed by atoms with Crippen molar-refractivity contribution in [2.24, 2.45) is 0 Å². The second kappa shape index (κ2) is 10.4. The molecule has 2 aliphatic rings. The molecule has 1 amide bonds. The predicted molar refractivity (Wildman–Crippen MR) is 128 cm³/mol. The largest absolute Gasteiger partial charge is 0.507 e. The van der Waals surface area contributed by atoms with Crippen LogP contribution in [0.15, 0.2) is 54.1 Å². The molecule has 180 valence electrons.